The highest BCUT2D eigenvalue weighted by atomic mass is 19.1. The summed E-state index contributed by atoms with van der Waals surface area (Å²) in [5, 5.41) is 12.9. The molecule has 0 aliphatic carbocycles. The molecule has 2 rings (SSSR count). The number of amides is 2. The van der Waals surface area contributed by atoms with Crippen molar-refractivity contribution in [1.82, 2.24) is 4.90 Å². The van der Waals surface area contributed by atoms with E-state index in [1.54, 1.807) is 6.92 Å². The number of urea groups is 1. The third-order valence-electron chi connectivity index (χ3n) is 3.94. The number of hydrogen-bond donors (Lipinski definition) is 2. The number of methoxy groups -OCH3 is 1. The van der Waals surface area contributed by atoms with E-state index in [0.29, 0.717) is 12.3 Å². The Labute approximate surface area is 147 Å². The Morgan fingerprint density at radius 1 is 1.28 bits per heavy atom. The highest BCUT2D eigenvalue weighted by Gasteiger charge is 2.18. The van der Waals surface area contributed by atoms with Crippen LogP contribution in [0.2, 0.25) is 0 Å². The van der Waals surface area contributed by atoms with Crippen molar-refractivity contribution in [2.45, 2.75) is 20.0 Å². The Balaban J connectivity index is 2.06. The smallest absolute Gasteiger partial charge is 0.322 e. The molecule has 2 amide bonds. The second-order valence-electron chi connectivity index (χ2n) is 5.74. The van der Waals surface area contributed by atoms with E-state index < -0.39 is 18.0 Å². The van der Waals surface area contributed by atoms with Gasteiger partial charge in [-0.2, -0.15) is 0 Å². The number of benzene rings is 2. The molecule has 0 radical (unpaired) electrons. The molecule has 0 aliphatic heterocycles. The van der Waals surface area contributed by atoms with Gasteiger partial charge in [-0.1, -0.05) is 29.8 Å². The molecule has 0 aliphatic rings. The first-order valence-electron chi connectivity index (χ1n) is 8.08. The molecular formula is C19H23FN2O3. The quantitative estimate of drug-likeness (QED) is 0.838. The largest absolute Gasteiger partial charge is 0.497 e. The number of rotatable bonds is 6. The van der Waals surface area contributed by atoms with Gasteiger partial charge in [0.1, 0.15) is 11.6 Å². The first-order valence-corrected chi connectivity index (χ1v) is 8.08. The number of aliphatic hydroxyl groups excluding tert-OH is 1. The molecule has 2 aromatic rings. The molecule has 0 bridgehead atoms. The maximum Gasteiger partial charge on any atom is 0.322 e. The number of ether oxygens (including phenoxy) is 1. The fraction of sp³-hybridized carbons (Fsp3) is 0.316. The molecule has 0 aromatic heterocycles. The lowest BCUT2D eigenvalue weighted by Gasteiger charge is -2.24. The van der Waals surface area contributed by atoms with Crippen molar-refractivity contribution >= 4 is 11.7 Å². The van der Waals surface area contributed by atoms with Gasteiger partial charge in [0.2, 0.25) is 0 Å². The van der Waals surface area contributed by atoms with Gasteiger partial charge in [-0.25, -0.2) is 9.18 Å². The van der Waals surface area contributed by atoms with Crippen LogP contribution >= 0.6 is 0 Å². The van der Waals surface area contributed by atoms with Crippen LogP contribution < -0.4 is 10.1 Å². The van der Waals surface area contributed by atoms with Gasteiger partial charge in [0.05, 0.1) is 25.4 Å². The highest BCUT2D eigenvalue weighted by Crippen LogP contribution is 2.22. The maximum absolute atomic E-state index is 13.9. The Hall–Kier alpha value is -2.60. The molecule has 0 heterocycles. The molecule has 2 aromatic carbocycles. The molecule has 5 nitrogen and oxygen atoms in total. The average molecular weight is 346 g/mol. The fourth-order valence-corrected chi connectivity index (χ4v) is 2.38. The molecule has 134 valence electrons. The van der Waals surface area contributed by atoms with E-state index in [1.807, 2.05) is 31.2 Å². The van der Waals surface area contributed by atoms with E-state index in [2.05, 4.69) is 5.32 Å². The second kappa shape index (κ2) is 8.48. The standard InChI is InChI=1S/C19H23FN2O3/c1-4-22(12-18(23)14-7-5-13(2)6-8-14)19(24)21-17-11-15(25-3)9-10-16(17)20/h5-11,18,23H,4,12H2,1-3H3,(H,21,24). The van der Waals surface area contributed by atoms with Gasteiger partial charge in [-0.05, 0) is 31.5 Å². The van der Waals surface area contributed by atoms with Gasteiger partial charge in [0.15, 0.2) is 0 Å². The molecule has 0 saturated heterocycles. The van der Waals surface area contributed by atoms with E-state index in [-0.39, 0.29) is 12.2 Å². The average Bonchev–Trinajstić information content (AvgIpc) is 2.61. The van der Waals surface area contributed by atoms with E-state index in [1.165, 1.54) is 30.2 Å². The molecule has 1 unspecified atom stereocenters. The molecule has 6 heteroatoms. The third-order valence-corrected chi connectivity index (χ3v) is 3.94. The zero-order chi connectivity index (χ0) is 18.4. The first-order chi connectivity index (χ1) is 11.9. The molecule has 0 saturated carbocycles. The Morgan fingerprint density at radius 2 is 1.96 bits per heavy atom. The monoisotopic (exact) mass is 346 g/mol. The summed E-state index contributed by atoms with van der Waals surface area (Å²) < 4.78 is 18.9. The van der Waals surface area contributed by atoms with E-state index in [4.69, 9.17) is 4.74 Å². The summed E-state index contributed by atoms with van der Waals surface area (Å²) in [4.78, 5) is 13.8. The van der Waals surface area contributed by atoms with E-state index in [0.717, 1.165) is 11.1 Å². The van der Waals surface area contributed by atoms with E-state index in [9.17, 15) is 14.3 Å². The Kier molecular flexibility index (Phi) is 6.36. The zero-order valence-electron chi connectivity index (χ0n) is 14.6. The topological polar surface area (TPSA) is 61.8 Å². The number of likely N-dealkylation sites (N-methyl/N-ethyl adjacent to an activating group) is 1. The van der Waals surface area contributed by atoms with Crippen LogP contribution in [0.5, 0.6) is 5.75 Å². The molecule has 1 atom stereocenters. The SMILES string of the molecule is CCN(CC(O)c1ccc(C)cc1)C(=O)Nc1cc(OC)ccc1F. The van der Waals surface area contributed by atoms with E-state index >= 15 is 0 Å². The van der Waals surface area contributed by atoms with Gasteiger partial charge in [0, 0.05) is 12.6 Å². The number of halogens is 1. The third kappa shape index (κ3) is 4.93. The summed E-state index contributed by atoms with van der Waals surface area (Å²) >= 11 is 0. The predicted octanol–water partition coefficient (Wildman–Crippen LogP) is 3.73. The number of aryl methyl sites for hydroxylation is 1. The first kappa shape index (κ1) is 18.7. The van der Waals surface area contributed by atoms with Crippen molar-refractivity contribution in [2.24, 2.45) is 0 Å². The highest BCUT2D eigenvalue weighted by molar-refractivity contribution is 5.89. The summed E-state index contributed by atoms with van der Waals surface area (Å²) in [7, 11) is 1.47. The minimum atomic E-state index is -0.818. The number of nitrogens with zero attached hydrogens (tertiary/aromatic N) is 1. The maximum atomic E-state index is 13.9. The molecule has 2 N–H and O–H groups in total. The minimum Gasteiger partial charge on any atom is -0.497 e. The number of nitrogens with one attached hydrogen (secondary N) is 1. The summed E-state index contributed by atoms with van der Waals surface area (Å²) in [6, 6.07) is 11.1. The summed E-state index contributed by atoms with van der Waals surface area (Å²) in [6.45, 7) is 4.24. The summed E-state index contributed by atoms with van der Waals surface area (Å²) in [5.41, 5.74) is 1.85. The molecular weight excluding hydrogens is 323 g/mol. The summed E-state index contributed by atoms with van der Waals surface area (Å²) in [6.07, 6.45) is -0.818. The minimum absolute atomic E-state index is 0.0348. The number of aliphatic hydroxyl groups is 1. The molecule has 0 fully saturated rings. The zero-order valence-corrected chi connectivity index (χ0v) is 14.6. The normalized spacial score (nSPS) is 11.7. The lowest BCUT2D eigenvalue weighted by molar-refractivity contribution is 0.128. The van der Waals surface area contributed by atoms with Gasteiger partial charge in [-0.15, -0.1) is 0 Å². The van der Waals surface area contributed by atoms with Crippen molar-refractivity contribution in [1.29, 1.82) is 0 Å². The van der Waals surface area contributed by atoms with Gasteiger partial charge in [0.25, 0.3) is 0 Å². The fourth-order valence-electron chi connectivity index (χ4n) is 2.38. The van der Waals surface area contributed by atoms with Crippen LogP contribution in [0.15, 0.2) is 42.5 Å². The van der Waals surface area contributed by atoms with Crippen molar-refractivity contribution in [3.63, 3.8) is 0 Å². The van der Waals surface area contributed by atoms with Gasteiger partial charge < -0.3 is 20.1 Å². The predicted molar refractivity (Wildman–Crippen MR) is 95.4 cm³/mol. The number of anilines is 1. The lowest BCUT2D eigenvalue weighted by Crippen LogP contribution is -2.38. The summed E-state index contributed by atoms with van der Waals surface area (Å²) in [5.74, 6) is -0.108. The van der Waals surface area contributed by atoms with Gasteiger partial charge in [-0.3, -0.25) is 0 Å². The van der Waals surface area contributed by atoms with Crippen molar-refractivity contribution in [3.05, 3.63) is 59.4 Å². The number of hydrogen-bond acceptors (Lipinski definition) is 3. The Bertz CT molecular complexity index is 719. The van der Waals surface area contributed by atoms with Crippen molar-refractivity contribution in [3.8, 4) is 5.75 Å². The number of carbonyl (C=O) groups is 1. The van der Waals surface area contributed by atoms with Crippen molar-refractivity contribution in [2.75, 3.05) is 25.5 Å². The van der Waals surface area contributed by atoms with Crippen LogP contribution in [0.4, 0.5) is 14.9 Å². The van der Waals surface area contributed by atoms with Crippen LogP contribution in [0.3, 0.4) is 0 Å². The molecule has 0 spiro atoms. The number of carbonyl (C=O) groups excluding carboxylic acids is 1. The van der Waals surface area contributed by atoms with Crippen molar-refractivity contribution < 1.29 is 19.0 Å². The van der Waals surface area contributed by atoms with Crippen LogP contribution in [0.25, 0.3) is 0 Å². The van der Waals surface area contributed by atoms with Crippen LogP contribution in [0.1, 0.15) is 24.2 Å². The Morgan fingerprint density at radius 3 is 2.56 bits per heavy atom. The van der Waals surface area contributed by atoms with Gasteiger partial charge >= 0.3 is 6.03 Å². The van der Waals surface area contributed by atoms with Crippen LogP contribution in [-0.4, -0.2) is 36.2 Å². The second-order valence-corrected chi connectivity index (χ2v) is 5.74. The van der Waals surface area contributed by atoms with Crippen LogP contribution in [0, 0.1) is 12.7 Å². The molecule has 25 heavy (non-hydrogen) atoms. The van der Waals surface area contributed by atoms with Crippen LogP contribution in [-0.2, 0) is 0 Å². The lowest BCUT2D eigenvalue weighted by atomic mass is 10.1.